The average Bonchev–Trinajstić information content (AvgIpc) is 3.00. The summed E-state index contributed by atoms with van der Waals surface area (Å²) in [4.78, 5) is 24.3. The molecule has 3 atom stereocenters. The van der Waals surface area contributed by atoms with Crippen LogP contribution in [0.25, 0.3) is 22.2 Å². The fourth-order valence-electron chi connectivity index (χ4n) is 3.90. The van der Waals surface area contributed by atoms with Crippen molar-refractivity contribution in [2.45, 2.75) is 24.6 Å². The first kappa shape index (κ1) is 23.6. The lowest BCUT2D eigenvalue weighted by molar-refractivity contribution is -0.132. The van der Waals surface area contributed by atoms with Gasteiger partial charge in [-0.15, -0.1) is 0 Å². The molecule has 9 nitrogen and oxygen atoms in total. The van der Waals surface area contributed by atoms with Crippen molar-refractivity contribution in [2.24, 2.45) is 7.05 Å². The van der Waals surface area contributed by atoms with E-state index in [9.17, 15) is 19.2 Å². The molecule has 1 saturated heterocycles. The Hall–Kier alpha value is -3.52. The summed E-state index contributed by atoms with van der Waals surface area (Å²) in [7, 11) is 3.42. The molecule has 3 aromatic rings. The van der Waals surface area contributed by atoms with E-state index < -0.39 is 29.6 Å². The van der Waals surface area contributed by atoms with Gasteiger partial charge in [0.2, 0.25) is 0 Å². The molecule has 0 spiro atoms. The molecule has 4 rings (SSSR count). The van der Waals surface area contributed by atoms with Crippen molar-refractivity contribution in [3.05, 3.63) is 58.3 Å². The maximum atomic E-state index is 14.9. The second-order valence-electron chi connectivity index (χ2n) is 8.28. The van der Waals surface area contributed by atoms with Gasteiger partial charge in [0.25, 0.3) is 5.91 Å². The van der Waals surface area contributed by atoms with E-state index in [1.807, 2.05) is 13.1 Å². The number of amides is 1. The second-order valence-corrected chi connectivity index (χ2v) is 8.28. The van der Waals surface area contributed by atoms with Gasteiger partial charge in [0.05, 0.1) is 18.2 Å². The summed E-state index contributed by atoms with van der Waals surface area (Å²) in [5.74, 6) is -1.37. The summed E-state index contributed by atoms with van der Waals surface area (Å²) < 4.78 is 27.1. The van der Waals surface area contributed by atoms with Gasteiger partial charge >= 0.3 is 5.76 Å². The van der Waals surface area contributed by atoms with Gasteiger partial charge in [0.1, 0.15) is 18.0 Å². The Morgan fingerprint density at radius 2 is 2.06 bits per heavy atom. The standard InChI is InChI=1S/C24H26FN5O4/c1-27-18-11-28-12-22(33-13-18)23(31)29-17(10-26)7-16-4-3-14(8-19(16)25)15-5-6-21-20(9-15)30(2)24(32)34-21/h3-6,8-9,17-18,22,27-28H,7,11-13H2,1-2H3,(H,29,31)/t17-,18+,22-/m0/s1. The number of nitrogens with zero attached hydrogens (tertiary/aromatic N) is 2. The zero-order valence-corrected chi connectivity index (χ0v) is 18.9. The Bertz CT molecular complexity index is 1290. The van der Waals surface area contributed by atoms with E-state index >= 15 is 0 Å². The molecule has 1 aromatic heterocycles. The normalized spacial score (nSPS) is 19.4. The van der Waals surface area contributed by atoms with Gasteiger partial charge in [-0.2, -0.15) is 5.26 Å². The number of aromatic nitrogens is 1. The first-order chi connectivity index (χ1) is 16.4. The van der Waals surface area contributed by atoms with E-state index in [0.29, 0.717) is 41.9 Å². The van der Waals surface area contributed by atoms with E-state index in [1.54, 1.807) is 37.4 Å². The molecule has 178 valence electrons. The van der Waals surface area contributed by atoms with E-state index in [2.05, 4.69) is 16.0 Å². The summed E-state index contributed by atoms with van der Waals surface area (Å²) in [5.41, 5.74) is 2.71. The summed E-state index contributed by atoms with van der Waals surface area (Å²) in [6.07, 6.45) is -0.710. The molecular weight excluding hydrogens is 441 g/mol. The van der Waals surface area contributed by atoms with Crippen LogP contribution < -0.4 is 21.7 Å². The quantitative estimate of drug-likeness (QED) is 0.496. The maximum absolute atomic E-state index is 14.9. The Morgan fingerprint density at radius 3 is 2.79 bits per heavy atom. The molecular formula is C24H26FN5O4. The fourth-order valence-corrected chi connectivity index (χ4v) is 3.90. The number of hydrogen-bond donors (Lipinski definition) is 3. The van der Waals surface area contributed by atoms with Gasteiger partial charge < -0.3 is 25.1 Å². The third kappa shape index (κ3) is 5.02. The van der Waals surface area contributed by atoms with Crippen LogP contribution in [0, 0.1) is 17.1 Å². The van der Waals surface area contributed by atoms with E-state index in [1.165, 1.54) is 10.6 Å². The molecule has 0 aliphatic carbocycles. The van der Waals surface area contributed by atoms with Crippen LogP contribution in [0.3, 0.4) is 0 Å². The number of nitrogens with one attached hydrogen (secondary N) is 3. The number of likely N-dealkylation sites (N-methyl/N-ethyl adjacent to an activating group) is 1. The summed E-state index contributed by atoms with van der Waals surface area (Å²) in [6.45, 7) is 1.37. The lowest BCUT2D eigenvalue weighted by atomic mass is 10.00. The minimum atomic E-state index is -0.906. The highest BCUT2D eigenvalue weighted by molar-refractivity contribution is 5.82. The first-order valence-electron chi connectivity index (χ1n) is 11.0. The lowest BCUT2D eigenvalue weighted by Crippen LogP contribution is -2.46. The fraction of sp³-hybridized carbons (Fsp3) is 0.375. The van der Waals surface area contributed by atoms with Crippen LogP contribution in [0.2, 0.25) is 0 Å². The van der Waals surface area contributed by atoms with Crippen molar-refractivity contribution in [1.82, 2.24) is 20.5 Å². The van der Waals surface area contributed by atoms with Gasteiger partial charge in [-0.05, 0) is 41.9 Å². The number of rotatable bonds is 6. The minimum Gasteiger partial charge on any atom is -0.408 e. The third-order valence-electron chi connectivity index (χ3n) is 5.99. The third-order valence-corrected chi connectivity index (χ3v) is 5.99. The van der Waals surface area contributed by atoms with Crippen LogP contribution in [-0.2, 0) is 23.0 Å². The summed E-state index contributed by atoms with van der Waals surface area (Å²) in [6, 6.07) is 11.1. The number of nitriles is 1. The van der Waals surface area contributed by atoms with Gasteiger partial charge in [-0.25, -0.2) is 9.18 Å². The number of aryl methyl sites for hydroxylation is 1. The highest BCUT2D eigenvalue weighted by Crippen LogP contribution is 2.26. The monoisotopic (exact) mass is 467 g/mol. The molecule has 1 aliphatic rings. The average molecular weight is 468 g/mol. The number of ether oxygens (including phenoxy) is 1. The van der Waals surface area contributed by atoms with E-state index in [4.69, 9.17) is 9.15 Å². The van der Waals surface area contributed by atoms with Crippen molar-refractivity contribution in [3.8, 4) is 17.2 Å². The SMILES string of the molecule is CN[C@@H]1CNC[C@@H](C(=O)N[C@H](C#N)Cc2ccc(-c3ccc4oc(=O)n(C)c4c3)cc2F)OC1. The lowest BCUT2D eigenvalue weighted by Gasteiger charge is -2.18. The molecule has 0 unspecified atom stereocenters. The second kappa shape index (κ2) is 10.2. The molecule has 0 bridgehead atoms. The molecule has 10 heteroatoms. The number of carbonyl (C=O) groups excluding carboxylic acids is 1. The molecule has 1 aliphatic heterocycles. The number of fused-ring (bicyclic) bond motifs is 1. The van der Waals surface area contributed by atoms with Crippen molar-refractivity contribution in [2.75, 3.05) is 26.7 Å². The zero-order chi connectivity index (χ0) is 24.2. The first-order valence-corrected chi connectivity index (χ1v) is 11.0. The number of benzene rings is 2. The van der Waals surface area contributed by atoms with Crippen LogP contribution in [0.4, 0.5) is 4.39 Å². The molecule has 0 saturated carbocycles. The Labute approximate surface area is 195 Å². The molecule has 0 radical (unpaired) electrons. The predicted octanol–water partition coefficient (Wildman–Crippen LogP) is 1.06. The van der Waals surface area contributed by atoms with Crippen LogP contribution in [0.15, 0.2) is 45.6 Å². The van der Waals surface area contributed by atoms with Crippen molar-refractivity contribution < 1.29 is 18.3 Å². The molecule has 1 amide bonds. The number of carbonyl (C=O) groups is 1. The maximum Gasteiger partial charge on any atom is 0.419 e. The Morgan fingerprint density at radius 1 is 1.29 bits per heavy atom. The van der Waals surface area contributed by atoms with Crippen molar-refractivity contribution in [3.63, 3.8) is 0 Å². The smallest absolute Gasteiger partial charge is 0.408 e. The van der Waals surface area contributed by atoms with Crippen LogP contribution in [-0.4, -0.2) is 55.4 Å². The van der Waals surface area contributed by atoms with Gasteiger partial charge in [0, 0.05) is 32.6 Å². The van der Waals surface area contributed by atoms with Crippen LogP contribution >= 0.6 is 0 Å². The van der Waals surface area contributed by atoms with Gasteiger partial charge in [-0.1, -0.05) is 18.2 Å². The van der Waals surface area contributed by atoms with Gasteiger partial charge in [-0.3, -0.25) is 9.36 Å². The number of hydrogen-bond acceptors (Lipinski definition) is 7. The molecule has 34 heavy (non-hydrogen) atoms. The minimum absolute atomic E-state index is 0.0168. The van der Waals surface area contributed by atoms with E-state index in [0.717, 1.165) is 5.56 Å². The van der Waals surface area contributed by atoms with Crippen molar-refractivity contribution >= 4 is 17.0 Å². The zero-order valence-electron chi connectivity index (χ0n) is 18.9. The Balaban J connectivity index is 1.45. The largest absolute Gasteiger partial charge is 0.419 e. The highest BCUT2D eigenvalue weighted by atomic mass is 19.1. The van der Waals surface area contributed by atoms with Gasteiger partial charge in [0.15, 0.2) is 5.58 Å². The molecule has 1 fully saturated rings. The van der Waals surface area contributed by atoms with Crippen molar-refractivity contribution in [1.29, 1.82) is 5.26 Å². The molecule has 2 heterocycles. The summed E-state index contributed by atoms with van der Waals surface area (Å²) in [5, 5.41) is 18.4. The highest BCUT2D eigenvalue weighted by Gasteiger charge is 2.26. The van der Waals surface area contributed by atoms with Crippen LogP contribution in [0.1, 0.15) is 5.56 Å². The molecule has 2 aromatic carbocycles. The van der Waals surface area contributed by atoms with Crippen LogP contribution in [0.5, 0.6) is 0 Å². The Kier molecular flexibility index (Phi) is 7.07. The van der Waals surface area contributed by atoms with E-state index in [-0.39, 0.29) is 12.5 Å². The summed E-state index contributed by atoms with van der Waals surface area (Å²) >= 11 is 0. The number of halogens is 1. The number of oxazole rings is 1. The molecule has 3 N–H and O–H groups in total. The topological polar surface area (TPSA) is 121 Å². The predicted molar refractivity (Wildman–Crippen MR) is 124 cm³/mol.